The monoisotopic (exact) mass is 296 g/mol. The van der Waals surface area contributed by atoms with Gasteiger partial charge in [-0.2, -0.15) is 5.10 Å². The Hall–Kier alpha value is -2.55. The lowest BCUT2D eigenvalue weighted by molar-refractivity contribution is -0.393. The van der Waals surface area contributed by atoms with Crippen LogP contribution in [0.1, 0.15) is 20.3 Å². The Bertz CT molecular complexity index is 561. The Morgan fingerprint density at radius 3 is 2.57 bits per heavy atom. The molecule has 2 atom stereocenters. The molecule has 0 heterocycles. The molecule has 0 amide bonds. The van der Waals surface area contributed by atoms with Crippen LogP contribution in [0.5, 0.6) is 0 Å². The lowest BCUT2D eigenvalue weighted by Gasteiger charge is -2.11. The van der Waals surface area contributed by atoms with Gasteiger partial charge in [-0.15, -0.1) is 0 Å². The highest BCUT2D eigenvalue weighted by molar-refractivity contribution is 5.68. The standard InChI is InChI=1S/C12H16N4O5/c1-3-12(17)8(2)7-13-14-10-5-4-9(15(18)19)6-11(10)16(20)21/h4-8,12,14,17H,3H2,1-2H3. The fraction of sp³-hybridized carbons (Fsp3) is 0.417. The average molecular weight is 296 g/mol. The minimum absolute atomic E-state index is 0.0417. The zero-order valence-electron chi connectivity index (χ0n) is 11.6. The smallest absolute Gasteiger partial charge is 0.301 e. The van der Waals surface area contributed by atoms with Crippen LogP contribution in [0.3, 0.4) is 0 Å². The van der Waals surface area contributed by atoms with E-state index in [-0.39, 0.29) is 17.3 Å². The van der Waals surface area contributed by atoms with E-state index in [1.54, 1.807) is 6.92 Å². The molecule has 9 nitrogen and oxygen atoms in total. The molecule has 2 N–H and O–H groups in total. The molecule has 114 valence electrons. The summed E-state index contributed by atoms with van der Waals surface area (Å²) in [4.78, 5) is 20.1. The van der Waals surface area contributed by atoms with Gasteiger partial charge in [0.15, 0.2) is 0 Å². The number of rotatable bonds is 7. The van der Waals surface area contributed by atoms with Crippen LogP contribution in [0.4, 0.5) is 17.1 Å². The highest BCUT2D eigenvalue weighted by Crippen LogP contribution is 2.28. The van der Waals surface area contributed by atoms with Gasteiger partial charge in [-0.3, -0.25) is 25.7 Å². The predicted octanol–water partition coefficient (Wildman–Crippen LogP) is 2.31. The minimum atomic E-state index is -0.727. The molecular weight excluding hydrogens is 280 g/mol. The van der Waals surface area contributed by atoms with Gasteiger partial charge in [-0.25, -0.2) is 0 Å². The zero-order chi connectivity index (χ0) is 16.0. The highest BCUT2D eigenvalue weighted by atomic mass is 16.6. The summed E-state index contributed by atoms with van der Waals surface area (Å²) < 4.78 is 0. The van der Waals surface area contributed by atoms with Crippen LogP contribution in [-0.4, -0.2) is 27.3 Å². The van der Waals surface area contributed by atoms with Crippen LogP contribution in [-0.2, 0) is 0 Å². The van der Waals surface area contributed by atoms with Crippen molar-refractivity contribution in [3.05, 3.63) is 38.4 Å². The van der Waals surface area contributed by atoms with Crippen LogP contribution in [0.15, 0.2) is 23.3 Å². The third-order valence-corrected chi connectivity index (χ3v) is 2.91. The molecule has 0 fully saturated rings. The lowest BCUT2D eigenvalue weighted by Crippen LogP contribution is -2.17. The Morgan fingerprint density at radius 2 is 2.05 bits per heavy atom. The molecule has 0 saturated carbocycles. The molecule has 0 spiro atoms. The Labute approximate surface area is 120 Å². The summed E-state index contributed by atoms with van der Waals surface area (Å²) in [6, 6.07) is 3.23. The third kappa shape index (κ3) is 4.49. The van der Waals surface area contributed by atoms with Crippen LogP contribution in [0, 0.1) is 26.1 Å². The van der Waals surface area contributed by atoms with Gasteiger partial charge in [0, 0.05) is 18.2 Å². The molecule has 21 heavy (non-hydrogen) atoms. The van der Waals surface area contributed by atoms with Crippen LogP contribution in [0.2, 0.25) is 0 Å². The van der Waals surface area contributed by atoms with Gasteiger partial charge >= 0.3 is 5.69 Å². The second-order valence-electron chi connectivity index (χ2n) is 4.44. The second kappa shape index (κ2) is 7.29. The molecule has 1 aromatic carbocycles. The molecule has 0 aliphatic rings. The number of non-ortho nitro benzene ring substituents is 1. The molecule has 1 rings (SSSR count). The number of benzene rings is 1. The van der Waals surface area contributed by atoms with Gasteiger partial charge in [-0.1, -0.05) is 13.8 Å². The highest BCUT2D eigenvalue weighted by Gasteiger charge is 2.19. The van der Waals surface area contributed by atoms with Crippen molar-refractivity contribution in [3.63, 3.8) is 0 Å². The number of nitro groups is 2. The number of nitro benzene ring substituents is 2. The molecule has 0 bridgehead atoms. The molecule has 0 aromatic heterocycles. The number of aliphatic hydroxyl groups excluding tert-OH is 1. The molecule has 9 heteroatoms. The van der Waals surface area contributed by atoms with Crippen LogP contribution < -0.4 is 5.43 Å². The first kappa shape index (κ1) is 16.5. The lowest BCUT2D eigenvalue weighted by atomic mass is 10.0. The number of anilines is 1. The van der Waals surface area contributed by atoms with Gasteiger partial charge < -0.3 is 5.11 Å². The fourth-order valence-electron chi connectivity index (χ4n) is 1.57. The second-order valence-corrected chi connectivity index (χ2v) is 4.44. The number of hydrogen-bond acceptors (Lipinski definition) is 7. The van der Waals surface area contributed by atoms with E-state index >= 15 is 0 Å². The fourth-order valence-corrected chi connectivity index (χ4v) is 1.57. The molecule has 2 unspecified atom stereocenters. The van der Waals surface area contributed by atoms with E-state index in [4.69, 9.17) is 0 Å². The van der Waals surface area contributed by atoms with E-state index in [1.807, 2.05) is 6.92 Å². The number of nitrogens with one attached hydrogen (secondary N) is 1. The number of nitrogens with zero attached hydrogens (tertiary/aromatic N) is 3. The molecular formula is C12H16N4O5. The topological polar surface area (TPSA) is 131 Å². The normalized spacial score (nSPS) is 13.9. The van der Waals surface area contributed by atoms with E-state index in [0.29, 0.717) is 6.42 Å². The van der Waals surface area contributed by atoms with Gasteiger partial charge in [-0.05, 0) is 12.5 Å². The molecule has 0 aliphatic carbocycles. The first-order valence-electron chi connectivity index (χ1n) is 6.26. The van der Waals surface area contributed by atoms with Gasteiger partial charge in [0.1, 0.15) is 5.69 Å². The van der Waals surface area contributed by atoms with E-state index in [1.165, 1.54) is 12.3 Å². The summed E-state index contributed by atoms with van der Waals surface area (Å²) >= 11 is 0. The number of aliphatic hydroxyl groups is 1. The van der Waals surface area contributed by atoms with E-state index in [2.05, 4.69) is 10.5 Å². The molecule has 0 aliphatic heterocycles. The van der Waals surface area contributed by atoms with E-state index in [0.717, 1.165) is 12.1 Å². The Kier molecular flexibility index (Phi) is 5.73. The third-order valence-electron chi connectivity index (χ3n) is 2.91. The number of hydrazone groups is 1. The van der Waals surface area contributed by atoms with Crippen molar-refractivity contribution in [1.82, 2.24) is 0 Å². The van der Waals surface area contributed by atoms with Crippen molar-refractivity contribution in [3.8, 4) is 0 Å². The van der Waals surface area contributed by atoms with Gasteiger partial charge in [0.25, 0.3) is 5.69 Å². The molecule has 1 aromatic rings. The summed E-state index contributed by atoms with van der Waals surface area (Å²) in [5.41, 5.74) is 1.70. The van der Waals surface area contributed by atoms with Crippen molar-refractivity contribution in [2.75, 3.05) is 5.43 Å². The summed E-state index contributed by atoms with van der Waals surface area (Å²) in [5.74, 6) is -0.223. The van der Waals surface area contributed by atoms with E-state index < -0.39 is 21.6 Å². The first-order chi connectivity index (χ1) is 9.86. The van der Waals surface area contributed by atoms with Crippen molar-refractivity contribution in [2.24, 2.45) is 11.0 Å². The Balaban J connectivity index is 2.91. The zero-order valence-corrected chi connectivity index (χ0v) is 11.6. The molecule has 0 saturated heterocycles. The quantitative estimate of drug-likeness (QED) is 0.451. The summed E-state index contributed by atoms with van der Waals surface area (Å²) in [5, 5.41) is 34.9. The maximum absolute atomic E-state index is 10.9. The van der Waals surface area contributed by atoms with Gasteiger partial charge in [0.2, 0.25) is 0 Å². The van der Waals surface area contributed by atoms with Crippen LogP contribution in [0.25, 0.3) is 0 Å². The average Bonchev–Trinajstić information content (AvgIpc) is 2.45. The Morgan fingerprint density at radius 1 is 1.38 bits per heavy atom. The largest absolute Gasteiger partial charge is 0.392 e. The summed E-state index contributed by atoms with van der Waals surface area (Å²) in [7, 11) is 0. The summed E-state index contributed by atoms with van der Waals surface area (Å²) in [6.07, 6.45) is 1.44. The van der Waals surface area contributed by atoms with Gasteiger partial charge in [0.05, 0.1) is 22.0 Å². The van der Waals surface area contributed by atoms with Crippen molar-refractivity contribution < 1.29 is 15.0 Å². The SMILES string of the molecule is CCC(O)C(C)C=NNc1ccc([N+](=O)[O-])cc1[N+](=O)[O-]. The van der Waals surface area contributed by atoms with Crippen LogP contribution >= 0.6 is 0 Å². The van der Waals surface area contributed by atoms with Crippen molar-refractivity contribution in [2.45, 2.75) is 26.4 Å². The molecule has 0 radical (unpaired) electrons. The number of hydrogen-bond donors (Lipinski definition) is 2. The predicted molar refractivity (Wildman–Crippen MR) is 77.3 cm³/mol. The van der Waals surface area contributed by atoms with Crippen molar-refractivity contribution in [1.29, 1.82) is 0 Å². The maximum atomic E-state index is 10.9. The minimum Gasteiger partial charge on any atom is -0.392 e. The first-order valence-corrected chi connectivity index (χ1v) is 6.26. The summed E-state index contributed by atoms with van der Waals surface area (Å²) in [6.45, 7) is 3.58. The maximum Gasteiger partial charge on any atom is 0.301 e. The van der Waals surface area contributed by atoms with E-state index in [9.17, 15) is 25.3 Å². The van der Waals surface area contributed by atoms with Crippen molar-refractivity contribution >= 4 is 23.3 Å².